The lowest BCUT2D eigenvalue weighted by Crippen LogP contribution is -2.48. The number of nitrogens with one attached hydrogen (secondary N) is 2. The Morgan fingerprint density at radius 3 is 2.48 bits per heavy atom. The Kier molecular flexibility index (Phi) is 11.7. The Balaban J connectivity index is 1.20. The van der Waals surface area contributed by atoms with Gasteiger partial charge < -0.3 is 26.2 Å². The van der Waals surface area contributed by atoms with Crippen LogP contribution in [0.4, 0.5) is 0 Å². The molecule has 0 aliphatic carbocycles. The molecule has 1 unspecified atom stereocenters. The van der Waals surface area contributed by atoms with Gasteiger partial charge in [-0.2, -0.15) is 5.10 Å². The Hall–Kier alpha value is -4.05. The average molecular weight is 716 g/mol. The number of β-amino-alcohol motifs (C(OH)–C–C–N with tert-alkyl or cyclic N) is 1. The van der Waals surface area contributed by atoms with Gasteiger partial charge in [-0.15, -0.1) is 0 Å². The summed E-state index contributed by atoms with van der Waals surface area (Å²) in [6, 6.07) is 20.9. The first-order valence-electron chi connectivity index (χ1n) is 16.7. The van der Waals surface area contributed by atoms with E-state index in [4.69, 9.17) is 38.8 Å². The first-order chi connectivity index (χ1) is 24.1. The summed E-state index contributed by atoms with van der Waals surface area (Å²) in [6.07, 6.45) is -0.498. The molecular weight excluding hydrogens is 675 g/mol. The highest BCUT2D eigenvalue weighted by Gasteiger charge is 2.33. The zero-order valence-electron chi connectivity index (χ0n) is 27.8. The maximum atomic E-state index is 12.5. The molecule has 0 bridgehead atoms. The number of aromatic nitrogens is 2. The average Bonchev–Trinajstić information content (AvgIpc) is 3.47. The van der Waals surface area contributed by atoms with Crippen LogP contribution in [0.1, 0.15) is 40.4 Å². The number of benzene rings is 3. The highest BCUT2D eigenvalue weighted by atomic mass is 35.5. The highest BCUT2D eigenvalue weighted by Crippen LogP contribution is 2.32. The maximum absolute atomic E-state index is 12.5. The number of nitrogens with two attached hydrogens (primary N) is 1. The molecule has 0 radical (unpaired) electrons. The van der Waals surface area contributed by atoms with Crippen molar-refractivity contribution in [3.05, 3.63) is 110 Å². The van der Waals surface area contributed by atoms with Gasteiger partial charge in [-0.05, 0) is 54.4 Å². The zero-order chi connectivity index (χ0) is 35.2. The second kappa shape index (κ2) is 16.3. The van der Waals surface area contributed by atoms with Gasteiger partial charge in [0.15, 0.2) is 0 Å². The smallest absolute Gasteiger partial charge is 0.286 e. The summed E-state index contributed by atoms with van der Waals surface area (Å²) in [7, 11) is 0. The molecule has 4 aromatic rings. The third-order valence-electron chi connectivity index (χ3n) is 9.09. The molecular formula is C38H40Cl2N6O4. The minimum Gasteiger partial charge on any atom is -0.390 e. The number of Topliss-reactive ketones (excluding diaryl/α,β-unsaturated/α-hetero) is 1. The number of hydrogen-bond acceptors (Lipinski definition) is 8. The number of halogens is 2. The number of morpholine rings is 1. The number of ketones is 1. The van der Waals surface area contributed by atoms with Crippen LogP contribution >= 0.6 is 23.2 Å². The third kappa shape index (κ3) is 8.81. The van der Waals surface area contributed by atoms with Crippen LogP contribution in [-0.2, 0) is 46.9 Å². The van der Waals surface area contributed by atoms with E-state index < -0.39 is 23.8 Å². The van der Waals surface area contributed by atoms with Crippen molar-refractivity contribution in [2.75, 3.05) is 26.3 Å². The standard InChI is InChI=1S/C38H40Cl2N6O4/c1-24-23-50-15-14-45(24)21-31(47)22-46-35-17-34(37(48)38(41)49)43-20-32(35)36(44-46)29-10-13-33(40)28(16-29)9-6-25-2-4-26(5-3-25)18-42-19-27-7-11-30(39)12-8-27/h2-5,7-8,10-13,16,24,31,34,42-43,47H,14-15,17-23H2,1H3,(H2,41,49)/t24-,31-,34?/m0/s1. The van der Waals surface area contributed by atoms with Gasteiger partial charge in [0.25, 0.3) is 5.91 Å². The number of fused-ring (bicyclic) bond motifs is 1. The molecule has 1 fully saturated rings. The minimum atomic E-state index is -0.986. The molecule has 3 aromatic carbocycles. The van der Waals surface area contributed by atoms with Crippen LogP contribution in [0.15, 0.2) is 66.7 Å². The first kappa shape index (κ1) is 35.8. The van der Waals surface area contributed by atoms with Crippen LogP contribution in [0.3, 0.4) is 0 Å². The van der Waals surface area contributed by atoms with E-state index in [1.807, 2.05) is 60.7 Å². The number of ether oxygens (including phenoxy) is 1. The molecule has 1 amide bonds. The largest absolute Gasteiger partial charge is 0.390 e. The molecule has 3 heterocycles. The minimum absolute atomic E-state index is 0.191. The van der Waals surface area contributed by atoms with E-state index >= 15 is 0 Å². The fourth-order valence-electron chi connectivity index (χ4n) is 6.31. The van der Waals surface area contributed by atoms with Gasteiger partial charge in [0.05, 0.1) is 42.6 Å². The van der Waals surface area contributed by atoms with E-state index in [-0.39, 0.29) is 19.0 Å². The molecule has 10 nitrogen and oxygen atoms in total. The summed E-state index contributed by atoms with van der Waals surface area (Å²) in [5, 5.41) is 23.9. The molecule has 5 N–H and O–H groups in total. The summed E-state index contributed by atoms with van der Waals surface area (Å²) in [4.78, 5) is 26.5. The van der Waals surface area contributed by atoms with E-state index in [0.717, 1.165) is 58.2 Å². The van der Waals surface area contributed by atoms with Crippen LogP contribution < -0.4 is 16.4 Å². The van der Waals surface area contributed by atoms with E-state index in [1.165, 1.54) is 0 Å². The van der Waals surface area contributed by atoms with Gasteiger partial charge in [0, 0.05) is 78.2 Å². The molecule has 1 aromatic heterocycles. The number of carbonyl (C=O) groups is 2. The molecule has 260 valence electrons. The molecule has 0 saturated carbocycles. The number of carbonyl (C=O) groups excluding carboxylic acids is 2. The Labute approximate surface area is 301 Å². The summed E-state index contributed by atoms with van der Waals surface area (Å²) in [6.45, 7) is 6.49. The lowest BCUT2D eigenvalue weighted by molar-refractivity contribution is -0.137. The van der Waals surface area contributed by atoms with Gasteiger partial charge in [0.1, 0.15) is 0 Å². The van der Waals surface area contributed by atoms with Gasteiger partial charge in [-0.25, -0.2) is 0 Å². The van der Waals surface area contributed by atoms with Crippen molar-refractivity contribution in [3.63, 3.8) is 0 Å². The van der Waals surface area contributed by atoms with Gasteiger partial charge in [-0.3, -0.25) is 19.2 Å². The summed E-state index contributed by atoms with van der Waals surface area (Å²) in [5.41, 5.74) is 12.3. The summed E-state index contributed by atoms with van der Waals surface area (Å²) in [5.74, 6) is 4.78. The number of nitrogens with zero attached hydrogens (tertiary/aromatic N) is 3. The van der Waals surface area contributed by atoms with Crippen molar-refractivity contribution in [2.24, 2.45) is 5.73 Å². The molecule has 0 spiro atoms. The second-order valence-electron chi connectivity index (χ2n) is 12.8. The maximum Gasteiger partial charge on any atom is 0.286 e. The second-order valence-corrected chi connectivity index (χ2v) is 13.6. The fourth-order valence-corrected chi connectivity index (χ4v) is 6.60. The Morgan fingerprint density at radius 2 is 1.78 bits per heavy atom. The zero-order valence-corrected chi connectivity index (χ0v) is 29.3. The Bertz CT molecular complexity index is 1900. The van der Waals surface area contributed by atoms with E-state index in [1.54, 1.807) is 10.7 Å². The van der Waals surface area contributed by atoms with Crippen LogP contribution in [-0.4, -0.2) is 76.0 Å². The normalized spacial score (nSPS) is 18.2. The lowest BCUT2D eigenvalue weighted by Gasteiger charge is -2.34. The quantitative estimate of drug-likeness (QED) is 0.137. The molecule has 6 rings (SSSR count). The van der Waals surface area contributed by atoms with Gasteiger partial charge in [0.2, 0.25) is 5.78 Å². The molecule has 12 heteroatoms. The topological polar surface area (TPSA) is 135 Å². The van der Waals surface area contributed by atoms with Crippen molar-refractivity contribution >= 4 is 34.9 Å². The van der Waals surface area contributed by atoms with Crippen molar-refractivity contribution in [3.8, 4) is 23.1 Å². The number of aliphatic hydroxyl groups is 1. The summed E-state index contributed by atoms with van der Waals surface area (Å²) >= 11 is 12.6. The lowest BCUT2D eigenvalue weighted by atomic mass is 9.95. The van der Waals surface area contributed by atoms with E-state index in [0.29, 0.717) is 42.6 Å². The fraction of sp³-hybridized carbons (Fsp3) is 0.342. The van der Waals surface area contributed by atoms with Crippen LogP contribution in [0.5, 0.6) is 0 Å². The van der Waals surface area contributed by atoms with E-state index in [2.05, 4.69) is 34.3 Å². The predicted molar refractivity (Wildman–Crippen MR) is 193 cm³/mol. The van der Waals surface area contributed by atoms with Crippen molar-refractivity contribution in [1.82, 2.24) is 25.3 Å². The van der Waals surface area contributed by atoms with Crippen molar-refractivity contribution < 1.29 is 19.4 Å². The monoisotopic (exact) mass is 714 g/mol. The highest BCUT2D eigenvalue weighted by molar-refractivity contribution is 6.37. The predicted octanol–water partition coefficient (Wildman–Crippen LogP) is 3.70. The molecule has 50 heavy (non-hydrogen) atoms. The SMILES string of the molecule is C[C@H]1COCCN1C[C@H](O)Cn1nc(-c2ccc(Cl)c(C#Cc3ccc(CNCc4ccc(Cl)cc4)cc3)c2)c2c1CC(C(=O)C(N)=O)NC2. The molecule has 1 saturated heterocycles. The van der Waals surface area contributed by atoms with E-state index in [9.17, 15) is 14.7 Å². The van der Waals surface area contributed by atoms with Crippen molar-refractivity contribution in [2.45, 2.75) is 57.7 Å². The van der Waals surface area contributed by atoms with Gasteiger partial charge >= 0.3 is 0 Å². The number of amides is 1. The number of aliphatic hydroxyl groups excluding tert-OH is 1. The Morgan fingerprint density at radius 1 is 1.06 bits per heavy atom. The van der Waals surface area contributed by atoms with Crippen LogP contribution in [0.25, 0.3) is 11.3 Å². The van der Waals surface area contributed by atoms with Gasteiger partial charge in [-0.1, -0.05) is 65.4 Å². The number of hydrogen-bond donors (Lipinski definition) is 4. The number of primary amides is 1. The molecule has 2 aliphatic heterocycles. The number of rotatable bonds is 11. The van der Waals surface area contributed by atoms with Crippen LogP contribution in [0.2, 0.25) is 10.0 Å². The van der Waals surface area contributed by atoms with Crippen LogP contribution in [0, 0.1) is 11.8 Å². The third-order valence-corrected chi connectivity index (χ3v) is 9.67. The summed E-state index contributed by atoms with van der Waals surface area (Å²) < 4.78 is 7.30. The molecule has 2 aliphatic rings. The van der Waals surface area contributed by atoms with Crippen molar-refractivity contribution in [1.29, 1.82) is 0 Å². The molecule has 3 atom stereocenters. The first-order valence-corrected chi connectivity index (χ1v) is 17.4.